The van der Waals surface area contributed by atoms with Crippen LogP contribution in [-0.4, -0.2) is 14.5 Å². The molecule has 3 aromatic heterocycles. The molecule has 300 valence electrons. The number of imidazole rings is 1. The van der Waals surface area contributed by atoms with Crippen LogP contribution in [0.4, 0.5) is 0 Å². The first-order valence-corrected chi connectivity index (χ1v) is 21.5. The van der Waals surface area contributed by atoms with Gasteiger partial charge in [0.05, 0.1) is 28.0 Å². The highest BCUT2D eigenvalue weighted by Crippen LogP contribution is 2.43. The third-order valence-electron chi connectivity index (χ3n) is 12.1. The summed E-state index contributed by atoms with van der Waals surface area (Å²) in [7, 11) is 0. The van der Waals surface area contributed by atoms with Crippen molar-refractivity contribution < 1.29 is 4.42 Å². The Labute approximate surface area is 355 Å². The van der Waals surface area contributed by atoms with Crippen molar-refractivity contribution in [1.82, 2.24) is 14.5 Å². The normalized spacial score (nSPS) is 12.5. The summed E-state index contributed by atoms with van der Waals surface area (Å²) in [5.74, 6) is 1.35. The summed E-state index contributed by atoms with van der Waals surface area (Å²) in [5, 5.41) is 2.02. The standard InChI is InChI=1S/C56H55N3O/c1-34(2)46-31-39(38-25-23-37(24-26-38)36-17-12-11-13-18-36)32-47(35(3)4)51(46)59-50-22-15-14-21-49(50)57-53(59)45-20-16-19-43-44-27-28-48(58-54(44)60-52(43)45)40-29-41(55(5,6)7)33-42(30-40)56(8,9)10/h11-35H,1-10H3. The maximum Gasteiger partial charge on any atom is 0.227 e. The molecule has 0 spiro atoms. The van der Waals surface area contributed by atoms with Crippen molar-refractivity contribution in [2.45, 2.75) is 91.9 Å². The highest BCUT2D eigenvalue weighted by atomic mass is 16.3. The first-order valence-electron chi connectivity index (χ1n) is 21.5. The summed E-state index contributed by atoms with van der Waals surface area (Å²) in [6, 6.07) is 50.6. The predicted octanol–water partition coefficient (Wildman–Crippen LogP) is 15.8. The molecule has 4 heteroatoms. The van der Waals surface area contributed by atoms with E-state index in [1.807, 2.05) is 0 Å². The Morgan fingerprint density at radius 3 is 1.70 bits per heavy atom. The monoisotopic (exact) mass is 785 g/mol. The Bertz CT molecular complexity index is 2980. The molecule has 9 rings (SSSR count). The van der Waals surface area contributed by atoms with Gasteiger partial charge in [-0.3, -0.25) is 4.57 Å². The first kappa shape index (κ1) is 39.2. The van der Waals surface area contributed by atoms with Gasteiger partial charge in [0.2, 0.25) is 5.71 Å². The summed E-state index contributed by atoms with van der Waals surface area (Å²) in [6.45, 7) is 22.8. The fraction of sp³-hybridized carbons (Fsp3) is 0.250. The highest BCUT2D eigenvalue weighted by Gasteiger charge is 2.26. The largest absolute Gasteiger partial charge is 0.437 e. The minimum absolute atomic E-state index is 0.000831. The van der Waals surface area contributed by atoms with Crippen LogP contribution in [0.3, 0.4) is 0 Å². The van der Waals surface area contributed by atoms with E-state index in [2.05, 4.69) is 213 Å². The van der Waals surface area contributed by atoms with Crippen LogP contribution in [-0.2, 0) is 10.8 Å². The van der Waals surface area contributed by atoms with E-state index < -0.39 is 0 Å². The summed E-state index contributed by atoms with van der Waals surface area (Å²) < 4.78 is 9.29. The molecule has 0 N–H and O–H groups in total. The third-order valence-corrected chi connectivity index (χ3v) is 12.1. The number of nitrogens with zero attached hydrogens (tertiary/aromatic N) is 3. The number of furan rings is 1. The van der Waals surface area contributed by atoms with Crippen LogP contribution in [0.1, 0.15) is 103 Å². The lowest BCUT2D eigenvalue weighted by molar-refractivity contribution is 0.569. The number of benzene rings is 6. The molecule has 0 saturated heterocycles. The molecule has 0 aliphatic rings. The molecule has 60 heavy (non-hydrogen) atoms. The van der Waals surface area contributed by atoms with Gasteiger partial charge in [-0.05, 0) is 122 Å². The lowest BCUT2D eigenvalue weighted by atomic mass is 9.79. The molecule has 0 unspecified atom stereocenters. The summed E-state index contributed by atoms with van der Waals surface area (Å²) >= 11 is 0. The molecule has 0 atom stereocenters. The molecule has 4 nitrogen and oxygen atoms in total. The van der Waals surface area contributed by atoms with Crippen molar-refractivity contribution in [3.05, 3.63) is 162 Å². The fourth-order valence-corrected chi connectivity index (χ4v) is 8.56. The zero-order chi connectivity index (χ0) is 42.1. The number of aromatic nitrogens is 3. The molecule has 0 bridgehead atoms. The molecule has 0 saturated carbocycles. The number of hydrogen-bond acceptors (Lipinski definition) is 3. The van der Waals surface area contributed by atoms with Gasteiger partial charge in [0.15, 0.2) is 0 Å². The van der Waals surface area contributed by atoms with Crippen molar-refractivity contribution in [3.63, 3.8) is 0 Å². The van der Waals surface area contributed by atoms with Crippen LogP contribution in [0.25, 0.3) is 83.7 Å². The van der Waals surface area contributed by atoms with Gasteiger partial charge in [0.1, 0.15) is 11.4 Å². The minimum atomic E-state index is -0.000831. The second kappa shape index (κ2) is 14.8. The van der Waals surface area contributed by atoms with Crippen molar-refractivity contribution in [3.8, 4) is 50.6 Å². The summed E-state index contributed by atoms with van der Waals surface area (Å²) in [5.41, 5.74) is 17.6. The van der Waals surface area contributed by atoms with E-state index in [1.54, 1.807) is 0 Å². The van der Waals surface area contributed by atoms with Crippen molar-refractivity contribution in [1.29, 1.82) is 0 Å². The fourth-order valence-electron chi connectivity index (χ4n) is 8.56. The maximum absolute atomic E-state index is 6.89. The SMILES string of the molecule is CC(C)c1cc(-c2ccc(-c3ccccc3)cc2)cc(C(C)C)c1-n1c(-c2cccc3c2oc2nc(-c4cc(C(C)(C)C)cc(C(C)(C)C)c4)ccc23)nc2ccccc21. The van der Waals surface area contributed by atoms with Crippen LogP contribution in [0, 0.1) is 0 Å². The summed E-state index contributed by atoms with van der Waals surface area (Å²) in [6.07, 6.45) is 0. The Morgan fingerprint density at radius 1 is 0.500 bits per heavy atom. The Kier molecular flexibility index (Phi) is 9.66. The highest BCUT2D eigenvalue weighted by molar-refractivity contribution is 6.09. The molecule has 0 amide bonds. The lowest BCUT2D eigenvalue weighted by Crippen LogP contribution is -2.16. The molecule has 0 radical (unpaired) electrons. The number of hydrogen-bond donors (Lipinski definition) is 0. The van der Waals surface area contributed by atoms with Crippen LogP contribution in [0.15, 0.2) is 144 Å². The van der Waals surface area contributed by atoms with Crippen molar-refractivity contribution in [2.75, 3.05) is 0 Å². The molecular formula is C56H55N3O. The first-order chi connectivity index (χ1) is 28.7. The molecule has 6 aromatic carbocycles. The lowest BCUT2D eigenvalue weighted by Gasteiger charge is -2.26. The van der Waals surface area contributed by atoms with Gasteiger partial charge in [-0.2, -0.15) is 0 Å². The smallest absolute Gasteiger partial charge is 0.227 e. The van der Waals surface area contributed by atoms with Gasteiger partial charge in [-0.15, -0.1) is 0 Å². The van der Waals surface area contributed by atoms with Crippen molar-refractivity contribution in [2.24, 2.45) is 0 Å². The van der Waals surface area contributed by atoms with Gasteiger partial charge in [-0.25, -0.2) is 9.97 Å². The molecular weight excluding hydrogens is 731 g/mol. The third kappa shape index (κ3) is 7.02. The number of fused-ring (bicyclic) bond motifs is 4. The Hall–Kier alpha value is -6.26. The van der Waals surface area contributed by atoms with Crippen LogP contribution in [0.5, 0.6) is 0 Å². The van der Waals surface area contributed by atoms with Gasteiger partial charge in [0.25, 0.3) is 0 Å². The van der Waals surface area contributed by atoms with Gasteiger partial charge < -0.3 is 4.42 Å². The van der Waals surface area contributed by atoms with E-state index in [0.717, 1.165) is 50.0 Å². The van der Waals surface area contributed by atoms with Gasteiger partial charge in [0, 0.05) is 16.3 Å². The number of pyridine rings is 1. The number of rotatable bonds is 7. The van der Waals surface area contributed by atoms with Gasteiger partial charge in [-0.1, -0.05) is 154 Å². The van der Waals surface area contributed by atoms with E-state index in [4.69, 9.17) is 14.4 Å². The van der Waals surface area contributed by atoms with Crippen LogP contribution in [0.2, 0.25) is 0 Å². The summed E-state index contributed by atoms with van der Waals surface area (Å²) in [4.78, 5) is 10.6. The zero-order valence-electron chi connectivity index (χ0n) is 36.7. The second-order valence-corrected chi connectivity index (χ2v) is 19.1. The predicted molar refractivity (Wildman–Crippen MR) is 253 cm³/mol. The quantitative estimate of drug-likeness (QED) is 0.162. The van der Waals surface area contributed by atoms with E-state index in [9.17, 15) is 0 Å². The maximum atomic E-state index is 6.89. The van der Waals surface area contributed by atoms with E-state index in [-0.39, 0.29) is 22.7 Å². The van der Waals surface area contributed by atoms with Crippen LogP contribution >= 0.6 is 0 Å². The van der Waals surface area contributed by atoms with E-state index in [0.29, 0.717) is 5.71 Å². The van der Waals surface area contributed by atoms with Crippen LogP contribution < -0.4 is 0 Å². The molecule has 0 fully saturated rings. The minimum Gasteiger partial charge on any atom is -0.437 e. The number of para-hydroxylation sites is 3. The average Bonchev–Trinajstić information content (AvgIpc) is 3.81. The van der Waals surface area contributed by atoms with Gasteiger partial charge >= 0.3 is 0 Å². The van der Waals surface area contributed by atoms with E-state index >= 15 is 0 Å². The average molecular weight is 786 g/mol. The molecule has 9 aromatic rings. The topological polar surface area (TPSA) is 43.9 Å². The molecule has 0 aliphatic carbocycles. The Morgan fingerprint density at radius 2 is 1.08 bits per heavy atom. The second-order valence-electron chi connectivity index (χ2n) is 19.1. The Balaban J connectivity index is 1.23. The van der Waals surface area contributed by atoms with Crippen molar-refractivity contribution >= 4 is 33.1 Å². The molecule has 3 heterocycles. The molecule has 0 aliphatic heterocycles. The zero-order valence-corrected chi connectivity index (χ0v) is 36.7. The van der Waals surface area contributed by atoms with E-state index in [1.165, 1.54) is 50.2 Å².